The first-order valence-corrected chi connectivity index (χ1v) is 7.63. The molecule has 6 heteroatoms. The van der Waals surface area contributed by atoms with E-state index in [1.165, 1.54) is 6.07 Å². The predicted molar refractivity (Wildman–Crippen MR) is 87.4 cm³/mol. The van der Waals surface area contributed by atoms with Gasteiger partial charge in [-0.2, -0.15) is 0 Å². The standard InChI is InChI=1S/C16H22ClFN4/c1-12-19-9-15(20-12)11-22(7-6-21(2)3)10-13-8-14(17)4-5-16(13)18/h4-5,8-9H,6-7,10-11H2,1-3H3,(H,19,20). The van der Waals surface area contributed by atoms with Crippen LogP contribution in [0.25, 0.3) is 0 Å². The number of aromatic nitrogens is 2. The molecule has 22 heavy (non-hydrogen) atoms. The Morgan fingerprint density at radius 2 is 2.00 bits per heavy atom. The smallest absolute Gasteiger partial charge is 0.127 e. The van der Waals surface area contributed by atoms with Crippen LogP contribution in [0.2, 0.25) is 5.02 Å². The van der Waals surface area contributed by atoms with Crippen LogP contribution in [0.5, 0.6) is 0 Å². The SMILES string of the molecule is Cc1ncc(CN(CCN(C)C)Cc2cc(Cl)ccc2F)[nH]1. The van der Waals surface area contributed by atoms with Crippen LogP contribution in [0.1, 0.15) is 17.1 Å². The molecule has 4 nitrogen and oxygen atoms in total. The van der Waals surface area contributed by atoms with Crippen LogP contribution in [-0.2, 0) is 13.1 Å². The van der Waals surface area contributed by atoms with Gasteiger partial charge < -0.3 is 9.88 Å². The number of hydrogen-bond acceptors (Lipinski definition) is 3. The summed E-state index contributed by atoms with van der Waals surface area (Å²) in [5.74, 6) is 0.663. The molecule has 0 atom stereocenters. The summed E-state index contributed by atoms with van der Waals surface area (Å²) in [6.07, 6.45) is 1.83. The van der Waals surface area contributed by atoms with Crippen molar-refractivity contribution in [2.75, 3.05) is 27.2 Å². The first-order valence-electron chi connectivity index (χ1n) is 7.25. The van der Waals surface area contributed by atoms with Gasteiger partial charge in [-0.3, -0.25) is 4.90 Å². The summed E-state index contributed by atoms with van der Waals surface area (Å²) in [6.45, 7) is 4.86. The number of aryl methyl sites for hydroxylation is 1. The molecule has 2 rings (SSSR count). The highest BCUT2D eigenvalue weighted by Crippen LogP contribution is 2.17. The number of benzene rings is 1. The molecule has 0 bridgehead atoms. The molecule has 1 heterocycles. The highest BCUT2D eigenvalue weighted by Gasteiger charge is 2.12. The van der Waals surface area contributed by atoms with E-state index in [2.05, 4.69) is 19.8 Å². The van der Waals surface area contributed by atoms with Crippen LogP contribution < -0.4 is 0 Å². The first-order chi connectivity index (χ1) is 10.4. The summed E-state index contributed by atoms with van der Waals surface area (Å²) in [4.78, 5) is 11.7. The van der Waals surface area contributed by atoms with Crippen LogP contribution in [0, 0.1) is 12.7 Å². The van der Waals surface area contributed by atoms with E-state index in [0.717, 1.165) is 24.6 Å². The Morgan fingerprint density at radius 1 is 1.23 bits per heavy atom. The molecule has 0 amide bonds. The number of nitrogens with zero attached hydrogens (tertiary/aromatic N) is 3. The van der Waals surface area contributed by atoms with Gasteiger partial charge in [0.25, 0.3) is 0 Å². The van der Waals surface area contributed by atoms with Crippen LogP contribution in [0.4, 0.5) is 4.39 Å². The highest BCUT2D eigenvalue weighted by atomic mass is 35.5. The number of aromatic amines is 1. The zero-order valence-electron chi connectivity index (χ0n) is 13.2. The van der Waals surface area contributed by atoms with Gasteiger partial charge in [0.1, 0.15) is 11.6 Å². The minimum Gasteiger partial charge on any atom is -0.345 e. The lowest BCUT2D eigenvalue weighted by atomic mass is 10.2. The second-order valence-corrected chi connectivity index (χ2v) is 6.18. The van der Waals surface area contributed by atoms with Gasteiger partial charge in [-0.05, 0) is 39.2 Å². The normalized spacial score (nSPS) is 11.6. The molecule has 0 unspecified atom stereocenters. The van der Waals surface area contributed by atoms with Gasteiger partial charge in [0, 0.05) is 48.7 Å². The van der Waals surface area contributed by atoms with Gasteiger partial charge in [0.05, 0.1) is 0 Å². The second-order valence-electron chi connectivity index (χ2n) is 5.74. The van der Waals surface area contributed by atoms with Crippen molar-refractivity contribution in [1.82, 2.24) is 19.8 Å². The molecular formula is C16H22ClFN4. The molecule has 1 N–H and O–H groups in total. The lowest BCUT2D eigenvalue weighted by molar-refractivity contribution is 0.221. The van der Waals surface area contributed by atoms with Crippen molar-refractivity contribution in [2.24, 2.45) is 0 Å². The molecule has 0 fully saturated rings. The largest absolute Gasteiger partial charge is 0.345 e. The molecule has 0 aliphatic heterocycles. The molecule has 0 radical (unpaired) electrons. The summed E-state index contributed by atoms with van der Waals surface area (Å²) >= 11 is 5.98. The Kier molecular flexibility index (Phi) is 5.94. The van der Waals surface area contributed by atoms with Crippen LogP contribution in [-0.4, -0.2) is 47.0 Å². The zero-order chi connectivity index (χ0) is 16.1. The van der Waals surface area contributed by atoms with E-state index in [1.807, 2.05) is 27.2 Å². The Balaban J connectivity index is 2.10. The summed E-state index contributed by atoms with van der Waals surface area (Å²) in [6, 6.07) is 4.68. The number of hydrogen-bond donors (Lipinski definition) is 1. The Morgan fingerprint density at radius 3 is 2.64 bits per heavy atom. The average Bonchev–Trinajstić information content (AvgIpc) is 2.85. The van der Waals surface area contributed by atoms with E-state index in [4.69, 9.17) is 11.6 Å². The van der Waals surface area contributed by atoms with Gasteiger partial charge >= 0.3 is 0 Å². The van der Waals surface area contributed by atoms with Gasteiger partial charge in [-0.15, -0.1) is 0 Å². The van der Waals surface area contributed by atoms with E-state index in [9.17, 15) is 4.39 Å². The van der Waals surface area contributed by atoms with Gasteiger partial charge in [-0.25, -0.2) is 9.37 Å². The number of H-pyrrole nitrogens is 1. The quantitative estimate of drug-likeness (QED) is 0.850. The maximum absolute atomic E-state index is 14.0. The Labute approximate surface area is 135 Å². The van der Waals surface area contributed by atoms with Crippen LogP contribution in [0.15, 0.2) is 24.4 Å². The number of rotatable bonds is 7. The summed E-state index contributed by atoms with van der Waals surface area (Å²) in [7, 11) is 4.05. The average molecular weight is 325 g/mol. The fourth-order valence-corrected chi connectivity index (χ4v) is 2.45. The van der Waals surface area contributed by atoms with Gasteiger partial charge in [0.15, 0.2) is 0 Å². The van der Waals surface area contributed by atoms with E-state index < -0.39 is 0 Å². The van der Waals surface area contributed by atoms with E-state index in [1.54, 1.807) is 12.1 Å². The minimum atomic E-state index is -0.222. The van der Waals surface area contributed by atoms with Crippen LogP contribution in [0.3, 0.4) is 0 Å². The maximum Gasteiger partial charge on any atom is 0.127 e. The van der Waals surface area contributed by atoms with Crippen molar-refractivity contribution in [3.8, 4) is 0 Å². The van der Waals surface area contributed by atoms with Crippen molar-refractivity contribution in [1.29, 1.82) is 0 Å². The molecule has 1 aromatic heterocycles. The van der Waals surface area contributed by atoms with Crippen molar-refractivity contribution in [3.05, 3.63) is 52.3 Å². The van der Waals surface area contributed by atoms with Gasteiger partial charge in [-0.1, -0.05) is 11.6 Å². The highest BCUT2D eigenvalue weighted by molar-refractivity contribution is 6.30. The fraction of sp³-hybridized carbons (Fsp3) is 0.438. The molecule has 1 aromatic carbocycles. The van der Waals surface area contributed by atoms with Crippen molar-refractivity contribution < 1.29 is 4.39 Å². The molecule has 0 saturated carbocycles. The minimum absolute atomic E-state index is 0.222. The number of imidazole rings is 1. The number of likely N-dealkylation sites (N-methyl/N-ethyl adjacent to an activating group) is 1. The third kappa shape index (κ3) is 5.09. The lowest BCUT2D eigenvalue weighted by Crippen LogP contribution is -2.31. The van der Waals surface area contributed by atoms with E-state index >= 15 is 0 Å². The van der Waals surface area contributed by atoms with Gasteiger partial charge in [0.2, 0.25) is 0 Å². The molecule has 0 spiro atoms. The predicted octanol–water partition coefficient (Wildman–Crippen LogP) is 3.07. The van der Waals surface area contributed by atoms with Crippen LogP contribution >= 0.6 is 11.6 Å². The fourth-order valence-electron chi connectivity index (χ4n) is 2.25. The molecular weight excluding hydrogens is 303 g/mol. The second kappa shape index (κ2) is 7.72. The summed E-state index contributed by atoms with van der Waals surface area (Å²) < 4.78 is 14.0. The topological polar surface area (TPSA) is 35.2 Å². The monoisotopic (exact) mass is 324 g/mol. The van der Waals surface area contributed by atoms with Crippen molar-refractivity contribution >= 4 is 11.6 Å². The summed E-state index contributed by atoms with van der Waals surface area (Å²) in [5, 5.41) is 0.557. The van der Waals surface area contributed by atoms with Crippen molar-refractivity contribution in [3.63, 3.8) is 0 Å². The molecule has 0 saturated heterocycles. The van der Waals surface area contributed by atoms with E-state index in [0.29, 0.717) is 23.7 Å². The molecule has 0 aliphatic rings. The third-order valence-corrected chi connectivity index (χ3v) is 3.65. The molecule has 120 valence electrons. The first kappa shape index (κ1) is 16.9. The maximum atomic E-state index is 14.0. The van der Waals surface area contributed by atoms with Crippen molar-refractivity contribution in [2.45, 2.75) is 20.0 Å². The van der Waals surface area contributed by atoms with E-state index in [-0.39, 0.29) is 5.82 Å². The molecule has 0 aliphatic carbocycles. The number of nitrogens with one attached hydrogen (secondary N) is 1. The lowest BCUT2D eigenvalue weighted by Gasteiger charge is -2.24. The zero-order valence-corrected chi connectivity index (χ0v) is 14.0. The molecule has 2 aromatic rings. The summed E-state index contributed by atoms with van der Waals surface area (Å²) in [5.41, 5.74) is 1.64. The Hall–Kier alpha value is -1.43. The Bertz CT molecular complexity index is 612. The number of halogens is 2. The third-order valence-electron chi connectivity index (χ3n) is 3.41.